The smallest absolute Gasteiger partial charge is 0.233 e. The van der Waals surface area contributed by atoms with E-state index in [1.807, 2.05) is 54.6 Å². The highest BCUT2D eigenvalue weighted by Crippen LogP contribution is 2.28. The van der Waals surface area contributed by atoms with Gasteiger partial charge >= 0.3 is 0 Å². The molecule has 0 aliphatic carbocycles. The largest absolute Gasteiger partial charge is 0.379 e. The number of morpholine rings is 1. The van der Waals surface area contributed by atoms with E-state index in [0.29, 0.717) is 18.2 Å². The molecule has 5 nitrogen and oxygen atoms in total. The van der Waals surface area contributed by atoms with Crippen LogP contribution in [-0.2, 0) is 14.8 Å². The number of ether oxygens (including phenoxy) is 1. The highest BCUT2D eigenvalue weighted by Gasteiger charge is 2.25. The number of rotatable bonds is 7. The van der Waals surface area contributed by atoms with Crippen LogP contribution in [0.15, 0.2) is 60.0 Å². The summed E-state index contributed by atoms with van der Waals surface area (Å²) >= 11 is 6.38. The molecule has 1 aliphatic rings. The quantitative estimate of drug-likeness (QED) is 0.766. The zero-order valence-corrected chi connectivity index (χ0v) is 16.5. The van der Waals surface area contributed by atoms with Crippen LogP contribution >= 0.6 is 11.6 Å². The predicted molar refractivity (Wildman–Crippen MR) is 109 cm³/mol. The maximum Gasteiger partial charge on any atom is 0.233 e. The van der Waals surface area contributed by atoms with E-state index in [4.69, 9.17) is 16.3 Å². The zero-order valence-electron chi connectivity index (χ0n) is 14.9. The van der Waals surface area contributed by atoms with Crippen LogP contribution in [0.2, 0.25) is 5.02 Å². The molecular weight excluding hydrogens is 384 g/mol. The minimum Gasteiger partial charge on any atom is -0.379 e. The first-order valence-electron chi connectivity index (χ1n) is 8.84. The lowest BCUT2D eigenvalue weighted by Gasteiger charge is -2.35. The topological polar surface area (TPSA) is 58.6 Å². The molecule has 2 aromatic carbocycles. The van der Waals surface area contributed by atoms with Gasteiger partial charge in [0.2, 0.25) is 10.0 Å². The molecule has 3 rings (SSSR count). The molecule has 2 aromatic rings. The molecule has 0 amide bonds. The van der Waals surface area contributed by atoms with E-state index < -0.39 is 10.0 Å². The number of sulfonamides is 1. The van der Waals surface area contributed by atoms with Gasteiger partial charge in [-0.2, -0.15) is 0 Å². The van der Waals surface area contributed by atoms with E-state index in [-0.39, 0.29) is 12.6 Å². The molecule has 1 unspecified atom stereocenters. The molecule has 1 atom stereocenters. The van der Waals surface area contributed by atoms with Gasteiger partial charge in [-0.3, -0.25) is 4.90 Å². The number of hydrogen-bond acceptors (Lipinski definition) is 4. The third-order valence-electron chi connectivity index (χ3n) is 4.47. The van der Waals surface area contributed by atoms with Gasteiger partial charge in [-0.25, -0.2) is 13.1 Å². The Labute approximate surface area is 165 Å². The summed E-state index contributed by atoms with van der Waals surface area (Å²) in [7, 11) is -3.57. The standard InChI is InChI=1S/C20H23ClN2O3S/c21-19-9-5-4-8-18(19)20(23-11-13-26-14-12-23)16-22-27(24,25)15-10-17-6-2-1-3-7-17/h1-10,15,20,22H,11-14,16H2/b15-10+. The molecule has 27 heavy (non-hydrogen) atoms. The van der Waals surface area contributed by atoms with Crippen molar-refractivity contribution in [3.63, 3.8) is 0 Å². The maximum absolute atomic E-state index is 12.4. The number of halogens is 1. The highest BCUT2D eigenvalue weighted by atomic mass is 35.5. The minimum atomic E-state index is -3.57. The van der Waals surface area contributed by atoms with Crippen LogP contribution in [0.5, 0.6) is 0 Å². The van der Waals surface area contributed by atoms with Crippen LogP contribution in [0.3, 0.4) is 0 Å². The van der Waals surface area contributed by atoms with Gasteiger partial charge in [-0.05, 0) is 23.3 Å². The van der Waals surface area contributed by atoms with E-state index in [1.54, 1.807) is 6.08 Å². The van der Waals surface area contributed by atoms with E-state index in [1.165, 1.54) is 5.41 Å². The molecule has 0 saturated carbocycles. The molecule has 0 aromatic heterocycles. The second kappa shape index (κ2) is 9.48. The van der Waals surface area contributed by atoms with Crippen molar-refractivity contribution in [3.05, 3.63) is 76.2 Å². The van der Waals surface area contributed by atoms with Crippen LogP contribution in [0.4, 0.5) is 0 Å². The summed E-state index contributed by atoms with van der Waals surface area (Å²) < 4.78 is 33.0. The van der Waals surface area contributed by atoms with Gasteiger partial charge in [0.15, 0.2) is 0 Å². The summed E-state index contributed by atoms with van der Waals surface area (Å²) in [5, 5.41) is 1.83. The van der Waals surface area contributed by atoms with Gasteiger partial charge in [0.1, 0.15) is 0 Å². The first kappa shape index (κ1) is 20.0. The van der Waals surface area contributed by atoms with Gasteiger partial charge in [-0.15, -0.1) is 0 Å². The first-order chi connectivity index (χ1) is 13.1. The lowest BCUT2D eigenvalue weighted by atomic mass is 10.0. The van der Waals surface area contributed by atoms with Crippen molar-refractivity contribution in [2.24, 2.45) is 0 Å². The van der Waals surface area contributed by atoms with Crippen LogP contribution in [0.1, 0.15) is 17.2 Å². The fourth-order valence-corrected chi connectivity index (χ4v) is 4.13. The molecule has 0 radical (unpaired) electrons. The second-order valence-corrected chi connectivity index (χ2v) is 8.35. The van der Waals surface area contributed by atoms with Crippen molar-refractivity contribution in [1.82, 2.24) is 9.62 Å². The van der Waals surface area contributed by atoms with Crippen LogP contribution in [0.25, 0.3) is 6.08 Å². The summed E-state index contributed by atoms with van der Waals surface area (Å²) in [5.74, 6) is 0. The summed E-state index contributed by atoms with van der Waals surface area (Å²) in [4.78, 5) is 2.20. The van der Waals surface area contributed by atoms with Crippen molar-refractivity contribution < 1.29 is 13.2 Å². The SMILES string of the molecule is O=S(=O)(/C=C/c1ccccc1)NCC(c1ccccc1Cl)N1CCOCC1. The fourth-order valence-electron chi connectivity index (χ4n) is 3.05. The summed E-state index contributed by atoms with van der Waals surface area (Å²) in [6.45, 7) is 2.96. The van der Waals surface area contributed by atoms with Crippen molar-refractivity contribution in [2.75, 3.05) is 32.8 Å². The van der Waals surface area contributed by atoms with Crippen LogP contribution in [0, 0.1) is 0 Å². The summed E-state index contributed by atoms with van der Waals surface area (Å²) in [5.41, 5.74) is 1.74. The molecule has 1 heterocycles. The molecule has 1 saturated heterocycles. The molecule has 7 heteroatoms. The van der Waals surface area contributed by atoms with Crippen molar-refractivity contribution in [1.29, 1.82) is 0 Å². The Kier molecular flexibility index (Phi) is 7.04. The summed E-state index contributed by atoms with van der Waals surface area (Å²) in [6, 6.07) is 16.7. The molecule has 1 N–H and O–H groups in total. The lowest BCUT2D eigenvalue weighted by Crippen LogP contribution is -2.43. The van der Waals surface area contributed by atoms with Crippen LogP contribution < -0.4 is 4.72 Å². The molecular formula is C20H23ClN2O3S. The second-order valence-electron chi connectivity index (χ2n) is 6.29. The van der Waals surface area contributed by atoms with E-state index >= 15 is 0 Å². The van der Waals surface area contributed by atoms with E-state index in [9.17, 15) is 8.42 Å². The van der Waals surface area contributed by atoms with Crippen molar-refractivity contribution in [3.8, 4) is 0 Å². The fraction of sp³-hybridized carbons (Fsp3) is 0.300. The van der Waals surface area contributed by atoms with E-state index in [2.05, 4.69) is 9.62 Å². The van der Waals surface area contributed by atoms with Gasteiger partial charge in [0.05, 0.1) is 13.2 Å². The van der Waals surface area contributed by atoms with Gasteiger partial charge in [0, 0.05) is 36.1 Å². The average Bonchev–Trinajstić information content (AvgIpc) is 2.70. The third kappa shape index (κ3) is 5.89. The molecule has 0 bridgehead atoms. The van der Waals surface area contributed by atoms with E-state index in [0.717, 1.165) is 24.2 Å². The number of nitrogens with one attached hydrogen (secondary N) is 1. The molecule has 1 fully saturated rings. The monoisotopic (exact) mass is 406 g/mol. The minimum absolute atomic E-state index is 0.150. The Hall–Kier alpha value is -1.70. The Morgan fingerprint density at radius 3 is 2.44 bits per heavy atom. The number of nitrogens with zero attached hydrogens (tertiary/aromatic N) is 1. The van der Waals surface area contributed by atoms with Crippen molar-refractivity contribution >= 4 is 27.7 Å². The Morgan fingerprint density at radius 1 is 1.07 bits per heavy atom. The Balaban J connectivity index is 1.74. The van der Waals surface area contributed by atoms with Crippen molar-refractivity contribution in [2.45, 2.75) is 6.04 Å². The normalized spacial score (nSPS) is 17.2. The number of hydrogen-bond donors (Lipinski definition) is 1. The van der Waals surface area contributed by atoms with Crippen LogP contribution in [-0.4, -0.2) is 46.2 Å². The van der Waals surface area contributed by atoms with Gasteiger partial charge in [-0.1, -0.05) is 60.1 Å². The predicted octanol–water partition coefficient (Wildman–Crippen LogP) is 3.30. The first-order valence-corrected chi connectivity index (χ1v) is 10.8. The summed E-state index contributed by atoms with van der Waals surface area (Å²) in [6.07, 6.45) is 1.58. The Bertz CT molecular complexity index is 866. The third-order valence-corrected chi connectivity index (χ3v) is 5.88. The van der Waals surface area contributed by atoms with Gasteiger partial charge in [0.25, 0.3) is 0 Å². The zero-order chi connectivity index (χ0) is 19.1. The Morgan fingerprint density at radius 2 is 1.74 bits per heavy atom. The number of benzene rings is 2. The maximum atomic E-state index is 12.4. The average molecular weight is 407 g/mol. The molecule has 1 aliphatic heterocycles. The molecule has 144 valence electrons. The lowest BCUT2D eigenvalue weighted by molar-refractivity contribution is 0.0172. The highest BCUT2D eigenvalue weighted by molar-refractivity contribution is 7.92. The molecule has 0 spiro atoms. The van der Waals surface area contributed by atoms with Gasteiger partial charge < -0.3 is 4.74 Å².